The fourth-order valence-corrected chi connectivity index (χ4v) is 2.19. The van der Waals surface area contributed by atoms with Crippen LogP contribution in [0.5, 0.6) is 5.75 Å². The molecule has 0 atom stereocenters. The topological polar surface area (TPSA) is 81.7 Å². The minimum absolute atomic E-state index is 0.0376. The number of aryl methyl sites for hydroxylation is 1. The van der Waals surface area contributed by atoms with E-state index in [0.717, 1.165) is 5.56 Å². The van der Waals surface area contributed by atoms with Crippen molar-refractivity contribution in [2.45, 2.75) is 20.3 Å². The van der Waals surface area contributed by atoms with E-state index in [0.29, 0.717) is 23.4 Å². The first-order chi connectivity index (χ1) is 12.5. The van der Waals surface area contributed by atoms with Crippen molar-refractivity contribution in [1.29, 1.82) is 0 Å². The van der Waals surface area contributed by atoms with E-state index in [1.165, 1.54) is 0 Å². The molecule has 0 aromatic heterocycles. The van der Waals surface area contributed by atoms with E-state index >= 15 is 0 Å². The largest absolute Gasteiger partial charge is 0.482 e. The van der Waals surface area contributed by atoms with Crippen LogP contribution < -0.4 is 10.1 Å². The first-order valence-electron chi connectivity index (χ1n) is 8.26. The number of Topliss-reactive ketones (excluding diaryl/α,β-unsaturated/α-hetero) is 1. The van der Waals surface area contributed by atoms with Crippen LogP contribution in [0, 0.1) is 6.92 Å². The first kappa shape index (κ1) is 19.2. The Kier molecular flexibility index (Phi) is 6.91. The van der Waals surface area contributed by atoms with Crippen LogP contribution in [0.4, 0.5) is 5.69 Å². The maximum Gasteiger partial charge on any atom is 0.344 e. The van der Waals surface area contributed by atoms with Gasteiger partial charge in [-0.3, -0.25) is 9.59 Å². The predicted octanol–water partition coefficient (Wildman–Crippen LogP) is 3.15. The van der Waals surface area contributed by atoms with Crippen LogP contribution in [-0.4, -0.2) is 30.9 Å². The van der Waals surface area contributed by atoms with Gasteiger partial charge in [0.25, 0.3) is 5.91 Å². The summed E-state index contributed by atoms with van der Waals surface area (Å²) in [5.41, 5.74) is 2.25. The Morgan fingerprint density at radius 3 is 2.38 bits per heavy atom. The molecule has 0 aliphatic heterocycles. The van der Waals surface area contributed by atoms with Gasteiger partial charge < -0.3 is 14.8 Å². The van der Waals surface area contributed by atoms with Gasteiger partial charge in [-0.25, -0.2) is 4.79 Å². The summed E-state index contributed by atoms with van der Waals surface area (Å²) in [6.07, 6.45) is 0.428. The van der Waals surface area contributed by atoms with Gasteiger partial charge in [-0.05, 0) is 48.9 Å². The number of carbonyl (C=O) groups is 3. The van der Waals surface area contributed by atoms with Gasteiger partial charge in [-0.2, -0.15) is 0 Å². The standard InChI is InChI=1S/C20H21NO5/c1-3-18(22)15-7-9-17(10-8-15)25-13-20(24)26-12-19(23)21-16-6-4-5-14(2)11-16/h4-11H,3,12-13H2,1-2H3,(H,21,23). The maximum absolute atomic E-state index is 11.8. The summed E-state index contributed by atoms with van der Waals surface area (Å²) in [6, 6.07) is 13.8. The quantitative estimate of drug-likeness (QED) is 0.581. The Labute approximate surface area is 152 Å². The first-order valence-corrected chi connectivity index (χ1v) is 8.26. The van der Waals surface area contributed by atoms with Gasteiger partial charge in [-0.15, -0.1) is 0 Å². The van der Waals surface area contributed by atoms with Crippen LogP contribution in [0.3, 0.4) is 0 Å². The van der Waals surface area contributed by atoms with E-state index in [9.17, 15) is 14.4 Å². The van der Waals surface area contributed by atoms with Crippen molar-refractivity contribution in [3.63, 3.8) is 0 Å². The molecule has 26 heavy (non-hydrogen) atoms. The molecule has 0 fully saturated rings. The van der Waals surface area contributed by atoms with Gasteiger partial charge in [-0.1, -0.05) is 19.1 Å². The van der Waals surface area contributed by atoms with Gasteiger partial charge >= 0.3 is 5.97 Å². The molecule has 6 heteroatoms. The van der Waals surface area contributed by atoms with E-state index in [1.54, 1.807) is 37.3 Å². The summed E-state index contributed by atoms with van der Waals surface area (Å²) < 4.78 is 10.2. The molecule has 1 N–H and O–H groups in total. The number of hydrogen-bond acceptors (Lipinski definition) is 5. The lowest BCUT2D eigenvalue weighted by Gasteiger charge is -2.08. The zero-order chi connectivity index (χ0) is 18.9. The number of esters is 1. The lowest BCUT2D eigenvalue weighted by molar-refractivity contribution is -0.149. The van der Waals surface area contributed by atoms with Crippen molar-refractivity contribution in [2.75, 3.05) is 18.5 Å². The minimum atomic E-state index is -0.655. The fraction of sp³-hybridized carbons (Fsp3) is 0.250. The number of ether oxygens (including phenoxy) is 2. The van der Waals surface area contributed by atoms with Crippen molar-refractivity contribution in [3.8, 4) is 5.75 Å². The van der Waals surface area contributed by atoms with Crippen LogP contribution in [0.1, 0.15) is 29.3 Å². The molecule has 0 spiro atoms. The molecule has 0 saturated carbocycles. The van der Waals surface area contributed by atoms with E-state index in [4.69, 9.17) is 9.47 Å². The van der Waals surface area contributed by atoms with E-state index in [2.05, 4.69) is 5.32 Å². The van der Waals surface area contributed by atoms with Crippen LogP contribution >= 0.6 is 0 Å². The van der Waals surface area contributed by atoms with Crippen molar-refractivity contribution in [1.82, 2.24) is 0 Å². The van der Waals surface area contributed by atoms with Crippen molar-refractivity contribution in [3.05, 3.63) is 59.7 Å². The molecule has 2 aromatic rings. The Balaban J connectivity index is 1.73. The number of hydrogen-bond donors (Lipinski definition) is 1. The van der Waals surface area contributed by atoms with E-state index in [1.807, 2.05) is 25.1 Å². The molecule has 0 unspecified atom stereocenters. The number of anilines is 1. The SMILES string of the molecule is CCC(=O)c1ccc(OCC(=O)OCC(=O)Nc2cccc(C)c2)cc1. The number of benzene rings is 2. The third-order valence-corrected chi connectivity index (χ3v) is 3.52. The van der Waals surface area contributed by atoms with Crippen molar-refractivity contribution < 1.29 is 23.9 Å². The summed E-state index contributed by atoms with van der Waals surface area (Å²) in [6.45, 7) is 2.99. The zero-order valence-corrected chi connectivity index (χ0v) is 14.8. The molecule has 2 aromatic carbocycles. The van der Waals surface area contributed by atoms with Crippen LogP contribution in [0.2, 0.25) is 0 Å². The Morgan fingerprint density at radius 2 is 1.73 bits per heavy atom. The molecular formula is C20H21NO5. The smallest absolute Gasteiger partial charge is 0.344 e. The monoisotopic (exact) mass is 355 g/mol. The van der Waals surface area contributed by atoms with Gasteiger partial charge in [0, 0.05) is 17.7 Å². The van der Waals surface area contributed by atoms with E-state index < -0.39 is 11.9 Å². The van der Waals surface area contributed by atoms with Crippen LogP contribution in [0.25, 0.3) is 0 Å². The summed E-state index contributed by atoms with van der Waals surface area (Å²) in [5, 5.41) is 2.65. The van der Waals surface area contributed by atoms with Gasteiger partial charge in [0.15, 0.2) is 19.0 Å². The number of ketones is 1. The third-order valence-electron chi connectivity index (χ3n) is 3.52. The molecule has 2 rings (SSSR count). The van der Waals surface area contributed by atoms with Crippen molar-refractivity contribution in [2.24, 2.45) is 0 Å². The molecule has 1 amide bonds. The average Bonchev–Trinajstić information content (AvgIpc) is 2.64. The zero-order valence-electron chi connectivity index (χ0n) is 14.8. The number of carbonyl (C=O) groups excluding carboxylic acids is 3. The fourth-order valence-electron chi connectivity index (χ4n) is 2.19. The molecule has 0 aliphatic rings. The van der Waals surface area contributed by atoms with Gasteiger partial charge in [0.1, 0.15) is 5.75 Å². The number of amides is 1. The molecule has 136 valence electrons. The second-order valence-corrected chi connectivity index (χ2v) is 5.67. The van der Waals surface area contributed by atoms with Crippen molar-refractivity contribution >= 4 is 23.3 Å². The summed E-state index contributed by atoms with van der Waals surface area (Å²) in [5.74, 6) is -0.598. The third kappa shape index (κ3) is 6.05. The molecule has 0 bridgehead atoms. The van der Waals surface area contributed by atoms with Crippen LogP contribution in [0.15, 0.2) is 48.5 Å². The lowest BCUT2D eigenvalue weighted by Crippen LogP contribution is -2.23. The number of rotatable bonds is 8. The van der Waals surface area contributed by atoms with Gasteiger partial charge in [0.2, 0.25) is 0 Å². The van der Waals surface area contributed by atoms with E-state index in [-0.39, 0.29) is 19.0 Å². The van der Waals surface area contributed by atoms with Gasteiger partial charge in [0.05, 0.1) is 0 Å². The second-order valence-electron chi connectivity index (χ2n) is 5.67. The highest BCUT2D eigenvalue weighted by molar-refractivity contribution is 5.96. The molecule has 6 nitrogen and oxygen atoms in total. The highest BCUT2D eigenvalue weighted by Crippen LogP contribution is 2.13. The highest BCUT2D eigenvalue weighted by atomic mass is 16.6. The second kappa shape index (κ2) is 9.36. The summed E-state index contributed by atoms with van der Waals surface area (Å²) in [4.78, 5) is 35.0. The molecular weight excluding hydrogens is 334 g/mol. The number of nitrogens with one attached hydrogen (secondary N) is 1. The Morgan fingerprint density at radius 1 is 1.00 bits per heavy atom. The molecule has 0 heterocycles. The normalized spacial score (nSPS) is 10.1. The molecule has 0 saturated heterocycles. The molecule has 0 aliphatic carbocycles. The predicted molar refractivity (Wildman–Crippen MR) is 97.3 cm³/mol. The lowest BCUT2D eigenvalue weighted by atomic mass is 10.1. The Hall–Kier alpha value is -3.15. The minimum Gasteiger partial charge on any atom is -0.482 e. The summed E-state index contributed by atoms with van der Waals surface area (Å²) in [7, 11) is 0. The highest BCUT2D eigenvalue weighted by Gasteiger charge is 2.09. The average molecular weight is 355 g/mol. The summed E-state index contributed by atoms with van der Waals surface area (Å²) >= 11 is 0. The van der Waals surface area contributed by atoms with Crippen LogP contribution in [-0.2, 0) is 14.3 Å². The Bertz CT molecular complexity index is 783. The maximum atomic E-state index is 11.8. The molecule has 0 radical (unpaired) electrons.